The number of aliphatic hydroxyl groups is 4. The largest absolute Gasteiger partial charge is 0.452 e. The molecule has 9 nitrogen and oxygen atoms in total. The minimum Gasteiger partial charge on any atom is -0.452 e. The number of ether oxygens (including phenoxy) is 5. The fourth-order valence-corrected chi connectivity index (χ4v) is 3.75. The molecule has 4 rings (SSSR count). The lowest BCUT2D eigenvalue weighted by molar-refractivity contribution is -0.105. The average Bonchev–Trinajstić information content (AvgIpc) is 3.02. The van der Waals surface area contributed by atoms with Gasteiger partial charge in [-0.3, -0.25) is 0 Å². The molecule has 0 aliphatic heterocycles. The topological polar surface area (TPSA) is 127 Å². The molecule has 4 aromatic carbocycles. The molecular formula is C32H34O9. The zero-order valence-corrected chi connectivity index (χ0v) is 22.5. The Morgan fingerprint density at radius 3 is 0.780 bits per heavy atom. The van der Waals surface area contributed by atoms with E-state index in [1.165, 1.54) is 0 Å². The van der Waals surface area contributed by atoms with Gasteiger partial charge in [0, 0.05) is 0 Å². The van der Waals surface area contributed by atoms with Crippen molar-refractivity contribution < 1.29 is 44.1 Å². The van der Waals surface area contributed by atoms with Crippen molar-refractivity contribution in [2.45, 2.75) is 39.0 Å². The van der Waals surface area contributed by atoms with Gasteiger partial charge in [0.1, 0.15) is 36.2 Å². The van der Waals surface area contributed by atoms with Gasteiger partial charge in [-0.05, 0) is 70.8 Å². The van der Waals surface area contributed by atoms with Crippen LogP contribution in [0, 0.1) is 0 Å². The van der Waals surface area contributed by atoms with Crippen LogP contribution in [0.25, 0.3) is 0 Å². The molecule has 0 atom stereocenters. The smallest absolute Gasteiger partial charge is 0.264 e. The van der Waals surface area contributed by atoms with Gasteiger partial charge in [0.25, 0.3) is 12.6 Å². The molecule has 41 heavy (non-hydrogen) atoms. The van der Waals surface area contributed by atoms with Gasteiger partial charge in [0.2, 0.25) is 0 Å². The Morgan fingerprint density at radius 2 is 0.585 bits per heavy atom. The number of rotatable bonds is 16. The Kier molecular flexibility index (Phi) is 11.4. The maximum atomic E-state index is 9.33. The molecule has 0 amide bonds. The number of aliphatic hydroxyl groups excluding tert-OH is 4. The molecule has 0 aromatic heterocycles. The third kappa shape index (κ3) is 9.49. The standard InChI is InChI=1S/C32H34O9/c33-17-23-1-9-27(10-2-23)38-31(39-28-11-3-24(18-34)4-12-28)21-37-22-32(40-29-13-5-25(19-35)6-14-29)41-30-15-7-26(20-36)8-16-30/h1-16,31-36H,17-22H2. The van der Waals surface area contributed by atoms with Crippen LogP contribution in [0.2, 0.25) is 0 Å². The van der Waals surface area contributed by atoms with Crippen LogP contribution in [-0.2, 0) is 31.2 Å². The molecule has 0 unspecified atom stereocenters. The molecule has 0 saturated heterocycles. The van der Waals surface area contributed by atoms with Crippen LogP contribution < -0.4 is 18.9 Å². The first-order valence-corrected chi connectivity index (χ1v) is 13.1. The van der Waals surface area contributed by atoms with Crippen LogP contribution >= 0.6 is 0 Å². The highest BCUT2D eigenvalue weighted by atomic mass is 16.7. The quantitative estimate of drug-likeness (QED) is 0.150. The van der Waals surface area contributed by atoms with E-state index in [2.05, 4.69) is 0 Å². The number of hydrogen-bond acceptors (Lipinski definition) is 9. The second-order valence-corrected chi connectivity index (χ2v) is 9.08. The first-order valence-electron chi connectivity index (χ1n) is 13.1. The maximum absolute atomic E-state index is 9.33. The average molecular weight is 563 g/mol. The second kappa shape index (κ2) is 15.6. The van der Waals surface area contributed by atoms with Crippen molar-refractivity contribution in [1.29, 1.82) is 0 Å². The van der Waals surface area contributed by atoms with E-state index in [1.807, 2.05) is 0 Å². The molecular weight excluding hydrogens is 528 g/mol. The van der Waals surface area contributed by atoms with Crippen LogP contribution in [0.15, 0.2) is 97.1 Å². The summed E-state index contributed by atoms with van der Waals surface area (Å²) < 4.78 is 30.1. The Balaban J connectivity index is 1.45. The third-order valence-electron chi connectivity index (χ3n) is 6.00. The SMILES string of the molecule is OCc1ccc(OC(COCC(Oc2ccc(CO)cc2)Oc2ccc(CO)cc2)Oc2ccc(CO)cc2)cc1. The summed E-state index contributed by atoms with van der Waals surface area (Å²) in [6, 6.07) is 27.9. The van der Waals surface area contributed by atoms with Crippen molar-refractivity contribution in [3.05, 3.63) is 119 Å². The van der Waals surface area contributed by atoms with Crippen LogP contribution in [0.3, 0.4) is 0 Å². The van der Waals surface area contributed by atoms with Gasteiger partial charge in [0.05, 0.1) is 26.4 Å². The molecule has 0 aliphatic rings. The zero-order chi connectivity index (χ0) is 28.9. The molecule has 0 saturated carbocycles. The highest BCUT2D eigenvalue weighted by Crippen LogP contribution is 2.21. The van der Waals surface area contributed by atoms with Gasteiger partial charge < -0.3 is 44.1 Å². The van der Waals surface area contributed by atoms with Crippen molar-refractivity contribution in [3.8, 4) is 23.0 Å². The Bertz CT molecular complexity index is 1090. The Hall–Kier alpha value is -4.12. The molecule has 216 valence electrons. The van der Waals surface area contributed by atoms with E-state index in [-0.39, 0.29) is 39.6 Å². The summed E-state index contributed by atoms with van der Waals surface area (Å²) in [6.07, 6.45) is -1.69. The molecule has 0 aliphatic carbocycles. The van der Waals surface area contributed by atoms with E-state index in [0.717, 1.165) is 22.3 Å². The number of hydrogen-bond donors (Lipinski definition) is 4. The van der Waals surface area contributed by atoms with E-state index >= 15 is 0 Å². The lowest BCUT2D eigenvalue weighted by Crippen LogP contribution is -2.34. The van der Waals surface area contributed by atoms with E-state index in [0.29, 0.717) is 23.0 Å². The first kappa shape index (κ1) is 29.9. The minimum absolute atomic E-state index is 0.0135. The minimum atomic E-state index is -0.844. The van der Waals surface area contributed by atoms with Crippen molar-refractivity contribution in [2.24, 2.45) is 0 Å². The molecule has 4 N–H and O–H groups in total. The molecule has 0 spiro atoms. The summed E-state index contributed by atoms with van der Waals surface area (Å²) in [5.74, 6) is 2.11. The summed E-state index contributed by atoms with van der Waals surface area (Å²) in [5.41, 5.74) is 3.01. The molecule has 4 aromatic rings. The van der Waals surface area contributed by atoms with Crippen molar-refractivity contribution in [3.63, 3.8) is 0 Å². The normalized spacial score (nSPS) is 11.1. The van der Waals surface area contributed by atoms with Gasteiger partial charge >= 0.3 is 0 Å². The second-order valence-electron chi connectivity index (χ2n) is 9.08. The van der Waals surface area contributed by atoms with Crippen molar-refractivity contribution >= 4 is 0 Å². The molecule has 0 radical (unpaired) electrons. The molecule has 9 heteroatoms. The molecule has 0 bridgehead atoms. The Labute approximate surface area is 238 Å². The summed E-state index contributed by atoms with van der Waals surface area (Å²) in [4.78, 5) is 0. The molecule has 0 fully saturated rings. The fraction of sp³-hybridized carbons (Fsp3) is 0.250. The monoisotopic (exact) mass is 562 g/mol. The highest BCUT2D eigenvalue weighted by Gasteiger charge is 2.18. The summed E-state index contributed by atoms with van der Waals surface area (Å²) in [6.45, 7) is -0.277. The number of benzene rings is 4. The maximum Gasteiger partial charge on any atom is 0.264 e. The fourth-order valence-electron chi connectivity index (χ4n) is 3.75. The van der Waals surface area contributed by atoms with Crippen LogP contribution in [0.1, 0.15) is 22.3 Å². The van der Waals surface area contributed by atoms with E-state index in [9.17, 15) is 20.4 Å². The van der Waals surface area contributed by atoms with Gasteiger partial charge in [-0.2, -0.15) is 0 Å². The zero-order valence-electron chi connectivity index (χ0n) is 22.5. The highest BCUT2D eigenvalue weighted by molar-refractivity contribution is 5.30. The van der Waals surface area contributed by atoms with E-state index in [1.54, 1.807) is 97.1 Å². The van der Waals surface area contributed by atoms with Gasteiger partial charge in [-0.25, -0.2) is 0 Å². The Morgan fingerprint density at radius 1 is 0.366 bits per heavy atom. The van der Waals surface area contributed by atoms with Crippen LogP contribution in [-0.4, -0.2) is 46.2 Å². The van der Waals surface area contributed by atoms with Gasteiger partial charge in [0.15, 0.2) is 0 Å². The lowest BCUT2D eigenvalue weighted by atomic mass is 10.2. The molecule has 0 heterocycles. The van der Waals surface area contributed by atoms with Crippen molar-refractivity contribution in [2.75, 3.05) is 13.2 Å². The van der Waals surface area contributed by atoms with Crippen molar-refractivity contribution in [1.82, 2.24) is 0 Å². The predicted octanol–water partition coefficient (Wildman–Crippen LogP) is 3.94. The summed E-state index contributed by atoms with van der Waals surface area (Å²) in [5, 5.41) is 37.3. The lowest BCUT2D eigenvalue weighted by Gasteiger charge is -2.24. The first-order chi connectivity index (χ1) is 20.1. The summed E-state index contributed by atoms with van der Waals surface area (Å²) >= 11 is 0. The third-order valence-corrected chi connectivity index (χ3v) is 6.00. The van der Waals surface area contributed by atoms with Gasteiger partial charge in [-0.1, -0.05) is 48.5 Å². The van der Waals surface area contributed by atoms with E-state index in [4.69, 9.17) is 23.7 Å². The van der Waals surface area contributed by atoms with E-state index < -0.39 is 12.6 Å². The van der Waals surface area contributed by atoms with Gasteiger partial charge in [-0.15, -0.1) is 0 Å². The summed E-state index contributed by atoms with van der Waals surface area (Å²) in [7, 11) is 0. The van der Waals surface area contributed by atoms with Crippen LogP contribution in [0.4, 0.5) is 0 Å². The van der Waals surface area contributed by atoms with Crippen LogP contribution in [0.5, 0.6) is 23.0 Å². The predicted molar refractivity (Wildman–Crippen MR) is 150 cm³/mol.